The standard InChI is InChI=1S/C30H35N3O7S/c1-3-4-5-6-7-8-23-19-27(30(36)37)32-20-26(23)29(35)33-41(38,39)25-15-11-22(12-16-25)28(34)31-18-17-21-9-13-24(40-2)14-10-21/h9-16,19-20H,3-8,17-18H2,1-2H3,(H,31,34)(H,33,35)(H,36,37). The first-order valence-corrected chi connectivity index (χ1v) is 14.9. The zero-order chi connectivity index (χ0) is 29.8. The number of carboxylic acid groups (broad SMARTS) is 1. The summed E-state index contributed by atoms with van der Waals surface area (Å²) in [6.45, 7) is 2.48. The number of carbonyl (C=O) groups excluding carboxylic acids is 2. The van der Waals surface area contributed by atoms with E-state index in [-0.39, 0.29) is 27.6 Å². The summed E-state index contributed by atoms with van der Waals surface area (Å²) in [4.78, 5) is 40.5. The van der Waals surface area contributed by atoms with Crippen LogP contribution < -0.4 is 14.8 Å². The van der Waals surface area contributed by atoms with Crippen LogP contribution in [-0.2, 0) is 22.9 Å². The predicted octanol–water partition coefficient (Wildman–Crippen LogP) is 4.39. The average molecular weight is 582 g/mol. The molecule has 218 valence electrons. The summed E-state index contributed by atoms with van der Waals surface area (Å²) in [6.07, 6.45) is 6.90. The number of amides is 2. The van der Waals surface area contributed by atoms with E-state index in [1.54, 1.807) is 7.11 Å². The van der Waals surface area contributed by atoms with Crippen molar-refractivity contribution in [3.05, 3.63) is 88.7 Å². The number of unbranched alkanes of at least 4 members (excludes halogenated alkanes) is 4. The van der Waals surface area contributed by atoms with Crippen molar-refractivity contribution >= 4 is 27.8 Å². The number of rotatable bonds is 15. The lowest BCUT2D eigenvalue weighted by Crippen LogP contribution is -2.31. The molecule has 0 saturated carbocycles. The fraction of sp³-hybridized carbons (Fsp3) is 0.333. The first-order valence-electron chi connectivity index (χ1n) is 13.4. The Morgan fingerprint density at radius 1 is 0.902 bits per heavy atom. The topological polar surface area (TPSA) is 152 Å². The molecule has 0 bridgehead atoms. The van der Waals surface area contributed by atoms with Crippen LogP contribution in [0.25, 0.3) is 0 Å². The third-order valence-corrected chi connectivity index (χ3v) is 7.86. The van der Waals surface area contributed by atoms with Crippen LogP contribution in [0.2, 0.25) is 0 Å². The zero-order valence-electron chi connectivity index (χ0n) is 23.2. The lowest BCUT2D eigenvalue weighted by atomic mass is 10.0. The molecule has 41 heavy (non-hydrogen) atoms. The van der Waals surface area contributed by atoms with Gasteiger partial charge in [-0.05, 0) is 72.9 Å². The van der Waals surface area contributed by atoms with Gasteiger partial charge in [-0.3, -0.25) is 9.59 Å². The molecule has 1 aromatic heterocycles. The summed E-state index contributed by atoms with van der Waals surface area (Å²) in [6, 6.07) is 14.0. The molecule has 3 rings (SSSR count). The van der Waals surface area contributed by atoms with Crippen LogP contribution in [0.1, 0.15) is 81.4 Å². The van der Waals surface area contributed by atoms with E-state index < -0.39 is 21.9 Å². The van der Waals surface area contributed by atoms with Gasteiger partial charge in [0.1, 0.15) is 11.4 Å². The maximum Gasteiger partial charge on any atom is 0.354 e. The number of hydrogen-bond acceptors (Lipinski definition) is 7. The molecule has 11 heteroatoms. The molecule has 0 saturated heterocycles. The number of methoxy groups -OCH3 is 1. The fourth-order valence-electron chi connectivity index (χ4n) is 4.18. The number of nitrogens with one attached hydrogen (secondary N) is 2. The molecule has 0 aliphatic carbocycles. The van der Waals surface area contributed by atoms with E-state index in [4.69, 9.17) is 4.74 Å². The van der Waals surface area contributed by atoms with Crippen molar-refractivity contribution < 1.29 is 32.6 Å². The Bertz CT molecular complexity index is 1450. The second-order valence-electron chi connectivity index (χ2n) is 9.51. The van der Waals surface area contributed by atoms with Crippen molar-refractivity contribution in [3.8, 4) is 5.75 Å². The SMILES string of the molecule is CCCCCCCc1cc(C(=O)O)ncc1C(=O)NS(=O)(=O)c1ccc(C(=O)NCCc2ccc(OC)cc2)cc1. The van der Waals surface area contributed by atoms with Gasteiger partial charge in [-0.25, -0.2) is 22.9 Å². The highest BCUT2D eigenvalue weighted by Gasteiger charge is 2.22. The molecule has 0 unspecified atom stereocenters. The Morgan fingerprint density at radius 3 is 2.22 bits per heavy atom. The lowest BCUT2D eigenvalue weighted by molar-refractivity contribution is 0.0689. The summed E-state index contributed by atoms with van der Waals surface area (Å²) < 4.78 is 33.0. The molecule has 3 N–H and O–H groups in total. The lowest BCUT2D eigenvalue weighted by Gasteiger charge is -2.12. The molecule has 3 aromatic rings. The second kappa shape index (κ2) is 14.9. The van der Waals surface area contributed by atoms with Gasteiger partial charge < -0.3 is 15.2 Å². The molecular weight excluding hydrogens is 546 g/mol. The van der Waals surface area contributed by atoms with E-state index in [1.165, 1.54) is 30.3 Å². The summed E-state index contributed by atoms with van der Waals surface area (Å²) in [5, 5.41) is 12.1. The molecule has 0 aliphatic rings. The smallest absolute Gasteiger partial charge is 0.354 e. The summed E-state index contributed by atoms with van der Waals surface area (Å²) in [5.41, 5.74) is 1.50. The van der Waals surface area contributed by atoms with Gasteiger partial charge in [0, 0.05) is 18.3 Å². The van der Waals surface area contributed by atoms with E-state index >= 15 is 0 Å². The Balaban J connectivity index is 1.63. The van der Waals surface area contributed by atoms with Crippen molar-refractivity contribution in [2.75, 3.05) is 13.7 Å². The van der Waals surface area contributed by atoms with Crippen molar-refractivity contribution in [3.63, 3.8) is 0 Å². The molecule has 0 fully saturated rings. The van der Waals surface area contributed by atoms with Crippen LogP contribution in [0.15, 0.2) is 65.7 Å². The van der Waals surface area contributed by atoms with Crippen LogP contribution in [0, 0.1) is 0 Å². The number of aryl methyl sites for hydroxylation is 1. The molecule has 1 heterocycles. The van der Waals surface area contributed by atoms with Crippen molar-refractivity contribution in [2.24, 2.45) is 0 Å². The number of hydrogen-bond donors (Lipinski definition) is 3. The number of pyridine rings is 1. The largest absolute Gasteiger partial charge is 0.497 e. The van der Waals surface area contributed by atoms with Crippen LogP contribution in [0.5, 0.6) is 5.75 Å². The quantitative estimate of drug-likeness (QED) is 0.224. The number of aromatic carboxylic acids is 1. The number of ether oxygens (including phenoxy) is 1. The highest BCUT2D eigenvalue weighted by Crippen LogP contribution is 2.17. The number of carbonyl (C=O) groups is 3. The molecule has 0 aliphatic heterocycles. The number of sulfonamides is 1. The maximum atomic E-state index is 13.0. The minimum atomic E-state index is -4.27. The number of benzene rings is 2. The number of aromatic nitrogens is 1. The van der Waals surface area contributed by atoms with Crippen molar-refractivity contribution in [1.82, 2.24) is 15.0 Å². The van der Waals surface area contributed by atoms with E-state index in [9.17, 15) is 27.9 Å². The van der Waals surface area contributed by atoms with Gasteiger partial charge in [0.05, 0.1) is 17.6 Å². The predicted molar refractivity (Wildman–Crippen MR) is 154 cm³/mol. The van der Waals surface area contributed by atoms with Crippen LogP contribution >= 0.6 is 0 Å². The Kier molecular flexibility index (Phi) is 11.4. The third kappa shape index (κ3) is 9.14. The molecule has 0 spiro atoms. The molecule has 2 aromatic carbocycles. The van der Waals surface area contributed by atoms with E-state index in [1.807, 2.05) is 29.0 Å². The minimum Gasteiger partial charge on any atom is -0.497 e. The summed E-state index contributed by atoms with van der Waals surface area (Å²) >= 11 is 0. The Labute approximate surface area is 240 Å². The third-order valence-electron chi connectivity index (χ3n) is 6.52. The van der Waals surface area contributed by atoms with Gasteiger partial charge in [0.2, 0.25) is 0 Å². The van der Waals surface area contributed by atoms with Gasteiger partial charge in [-0.2, -0.15) is 0 Å². The first kappa shape index (κ1) is 31.3. The van der Waals surface area contributed by atoms with Gasteiger partial charge in [0.15, 0.2) is 0 Å². The van der Waals surface area contributed by atoms with Crippen molar-refractivity contribution in [1.29, 1.82) is 0 Å². The number of nitrogens with zero attached hydrogens (tertiary/aromatic N) is 1. The molecule has 0 atom stereocenters. The van der Waals surface area contributed by atoms with Crippen molar-refractivity contribution in [2.45, 2.75) is 56.8 Å². The Morgan fingerprint density at radius 2 is 1.59 bits per heavy atom. The fourth-order valence-corrected chi connectivity index (χ4v) is 5.15. The average Bonchev–Trinajstić information content (AvgIpc) is 2.97. The highest BCUT2D eigenvalue weighted by atomic mass is 32.2. The monoisotopic (exact) mass is 581 g/mol. The normalized spacial score (nSPS) is 11.1. The maximum absolute atomic E-state index is 13.0. The molecule has 2 amide bonds. The Hall–Kier alpha value is -4.25. The van der Waals surface area contributed by atoms with Gasteiger partial charge in [-0.15, -0.1) is 0 Å². The molecule has 10 nitrogen and oxygen atoms in total. The van der Waals surface area contributed by atoms with Gasteiger partial charge in [0.25, 0.3) is 21.8 Å². The van der Waals surface area contributed by atoms with Gasteiger partial charge >= 0.3 is 5.97 Å². The second-order valence-corrected chi connectivity index (χ2v) is 11.2. The van der Waals surface area contributed by atoms with Gasteiger partial charge in [-0.1, -0.05) is 44.7 Å². The van der Waals surface area contributed by atoms with Crippen LogP contribution in [0.3, 0.4) is 0 Å². The summed E-state index contributed by atoms with van der Waals surface area (Å²) in [7, 11) is -2.68. The van der Waals surface area contributed by atoms with E-state index in [0.717, 1.165) is 49.6 Å². The zero-order valence-corrected chi connectivity index (χ0v) is 24.0. The van der Waals surface area contributed by atoms with E-state index in [0.29, 0.717) is 24.9 Å². The minimum absolute atomic E-state index is 0.00178. The number of carboxylic acids is 1. The molecular formula is C30H35N3O7S. The van der Waals surface area contributed by atoms with Crippen LogP contribution in [0.4, 0.5) is 0 Å². The molecule has 0 radical (unpaired) electrons. The summed E-state index contributed by atoms with van der Waals surface area (Å²) in [5.74, 6) is -1.75. The van der Waals surface area contributed by atoms with E-state index in [2.05, 4.69) is 17.2 Å². The van der Waals surface area contributed by atoms with Crippen LogP contribution in [-0.4, -0.2) is 49.9 Å². The first-order chi connectivity index (χ1) is 19.6. The highest BCUT2D eigenvalue weighted by molar-refractivity contribution is 7.90.